The van der Waals surface area contributed by atoms with Crippen molar-refractivity contribution in [1.82, 2.24) is 9.97 Å². The largest absolute Gasteiger partial charge is 0.497 e. The molecule has 0 saturated carbocycles. The lowest BCUT2D eigenvalue weighted by Crippen LogP contribution is -2.04. The van der Waals surface area contributed by atoms with Gasteiger partial charge < -0.3 is 15.8 Å². The molecule has 5 heteroatoms. The molecule has 18 heavy (non-hydrogen) atoms. The van der Waals surface area contributed by atoms with Crippen LogP contribution >= 0.6 is 0 Å². The third kappa shape index (κ3) is 2.68. The monoisotopic (exact) mass is 244 g/mol. The van der Waals surface area contributed by atoms with E-state index >= 15 is 0 Å². The molecule has 0 spiro atoms. The number of nitrogens with zero attached hydrogens (tertiary/aromatic N) is 2. The Morgan fingerprint density at radius 1 is 1.22 bits per heavy atom. The van der Waals surface area contributed by atoms with Crippen molar-refractivity contribution in [1.29, 1.82) is 0 Å². The van der Waals surface area contributed by atoms with Crippen LogP contribution in [0.2, 0.25) is 0 Å². The van der Waals surface area contributed by atoms with Gasteiger partial charge in [0.2, 0.25) is 5.95 Å². The van der Waals surface area contributed by atoms with E-state index in [-0.39, 0.29) is 5.95 Å². The molecule has 5 nitrogen and oxygen atoms in total. The number of methoxy groups -OCH3 is 1. The first-order valence-corrected chi connectivity index (χ1v) is 5.75. The molecular weight excluding hydrogens is 228 g/mol. The minimum Gasteiger partial charge on any atom is -0.497 e. The van der Waals surface area contributed by atoms with Gasteiger partial charge in [0.15, 0.2) is 0 Å². The van der Waals surface area contributed by atoms with Crippen LogP contribution in [0.5, 0.6) is 5.75 Å². The van der Waals surface area contributed by atoms with Crippen LogP contribution < -0.4 is 15.8 Å². The van der Waals surface area contributed by atoms with Gasteiger partial charge in [0, 0.05) is 18.2 Å². The van der Waals surface area contributed by atoms with Gasteiger partial charge in [-0.1, -0.05) is 0 Å². The van der Waals surface area contributed by atoms with Gasteiger partial charge in [-0.2, -0.15) is 4.98 Å². The quantitative estimate of drug-likeness (QED) is 0.862. The summed E-state index contributed by atoms with van der Waals surface area (Å²) in [5, 5.41) is 3.13. The molecule has 0 bridgehead atoms. The smallest absolute Gasteiger partial charge is 0.222 e. The number of hydrogen-bond acceptors (Lipinski definition) is 5. The van der Waals surface area contributed by atoms with E-state index < -0.39 is 0 Å². The minimum absolute atomic E-state index is 0.263. The van der Waals surface area contributed by atoms with Gasteiger partial charge in [-0.3, -0.25) is 0 Å². The van der Waals surface area contributed by atoms with Crippen molar-refractivity contribution in [3.63, 3.8) is 0 Å². The summed E-state index contributed by atoms with van der Waals surface area (Å²) in [6.45, 7) is 2.80. The van der Waals surface area contributed by atoms with E-state index in [1.165, 1.54) is 0 Å². The number of nitrogens with two attached hydrogens (primary N) is 1. The van der Waals surface area contributed by atoms with E-state index in [9.17, 15) is 0 Å². The van der Waals surface area contributed by atoms with Crippen molar-refractivity contribution in [2.45, 2.75) is 6.92 Å². The summed E-state index contributed by atoms with van der Waals surface area (Å²) in [7, 11) is 1.64. The zero-order valence-corrected chi connectivity index (χ0v) is 10.5. The fraction of sp³-hybridized carbons (Fsp3) is 0.231. The number of aromatic nitrogens is 2. The molecule has 0 radical (unpaired) electrons. The van der Waals surface area contributed by atoms with Crippen LogP contribution in [0.25, 0.3) is 11.3 Å². The Labute approximate surface area is 106 Å². The number of anilines is 2. The van der Waals surface area contributed by atoms with E-state index in [1.807, 2.05) is 37.3 Å². The molecule has 0 fully saturated rings. The van der Waals surface area contributed by atoms with Gasteiger partial charge in [0.05, 0.1) is 12.8 Å². The number of hydrogen-bond donors (Lipinski definition) is 2. The molecule has 1 aromatic heterocycles. The average molecular weight is 244 g/mol. The molecule has 0 unspecified atom stereocenters. The van der Waals surface area contributed by atoms with Crippen LogP contribution in [0.4, 0.5) is 11.8 Å². The molecule has 0 aliphatic carbocycles. The maximum atomic E-state index is 5.70. The summed E-state index contributed by atoms with van der Waals surface area (Å²) in [5.41, 5.74) is 7.46. The Bertz CT molecular complexity index is 525. The van der Waals surface area contributed by atoms with Crippen molar-refractivity contribution in [2.24, 2.45) is 0 Å². The number of nitrogen functional groups attached to an aromatic ring is 1. The Kier molecular flexibility index (Phi) is 3.62. The normalized spacial score (nSPS) is 10.1. The van der Waals surface area contributed by atoms with E-state index in [2.05, 4.69) is 15.3 Å². The summed E-state index contributed by atoms with van der Waals surface area (Å²) in [4.78, 5) is 8.34. The van der Waals surface area contributed by atoms with E-state index in [4.69, 9.17) is 10.5 Å². The second-order valence-electron chi connectivity index (χ2n) is 3.76. The van der Waals surface area contributed by atoms with Gasteiger partial charge in [-0.15, -0.1) is 0 Å². The summed E-state index contributed by atoms with van der Waals surface area (Å²) in [5.74, 6) is 1.81. The van der Waals surface area contributed by atoms with Crippen LogP contribution in [0.3, 0.4) is 0 Å². The zero-order chi connectivity index (χ0) is 13.0. The maximum Gasteiger partial charge on any atom is 0.222 e. The van der Waals surface area contributed by atoms with Crippen molar-refractivity contribution in [3.05, 3.63) is 30.3 Å². The number of nitrogens with one attached hydrogen (secondary N) is 1. The Morgan fingerprint density at radius 3 is 2.56 bits per heavy atom. The summed E-state index contributed by atoms with van der Waals surface area (Å²) in [6.07, 6.45) is 0. The van der Waals surface area contributed by atoms with E-state index in [1.54, 1.807) is 7.11 Å². The second-order valence-corrected chi connectivity index (χ2v) is 3.76. The first-order chi connectivity index (χ1) is 8.72. The van der Waals surface area contributed by atoms with Gasteiger partial charge in [0.25, 0.3) is 0 Å². The second kappa shape index (κ2) is 5.35. The minimum atomic E-state index is 0.263. The third-order valence-corrected chi connectivity index (χ3v) is 2.49. The summed E-state index contributed by atoms with van der Waals surface area (Å²) in [6, 6.07) is 9.54. The number of rotatable bonds is 4. The standard InChI is InChI=1S/C13H16N4O/c1-3-15-12-8-11(16-13(14)17-12)9-4-6-10(18-2)7-5-9/h4-8H,3H2,1-2H3,(H3,14,15,16,17). The van der Waals surface area contributed by atoms with Crippen molar-refractivity contribution >= 4 is 11.8 Å². The van der Waals surface area contributed by atoms with Gasteiger partial charge in [-0.05, 0) is 31.2 Å². The fourth-order valence-electron chi connectivity index (χ4n) is 1.65. The lowest BCUT2D eigenvalue weighted by atomic mass is 10.1. The fourth-order valence-corrected chi connectivity index (χ4v) is 1.65. The molecule has 2 rings (SSSR count). The molecule has 1 aromatic carbocycles. The molecule has 3 N–H and O–H groups in total. The van der Waals surface area contributed by atoms with Gasteiger partial charge >= 0.3 is 0 Å². The van der Waals surface area contributed by atoms with Crippen LogP contribution in [-0.2, 0) is 0 Å². The SMILES string of the molecule is CCNc1cc(-c2ccc(OC)cc2)nc(N)n1. The predicted octanol–water partition coefficient (Wildman–Crippen LogP) is 2.17. The van der Waals surface area contributed by atoms with E-state index in [0.717, 1.165) is 29.4 Å². The molecule has 0 amide bonds. The number of benzene rings is 1. The molecule has 0 aliphatic rings. The topological polar surface area (TPSA) is 73.1 Å². The highest BCUT2D eigenvalue weighted by Gasteiger charge is 2.04. The lowest BCUT2D eigenvalue weighted by molar-refractivity contribution is 0.415. The van der Waals surface area contributed by atoms with Crippen LogP contribution in [0.15, 0.2) is 30.3 Å². The van der Waals surface area contributed by atoms with Crippen LogP contribution in [0.1, 0.15) is 6.92 Å². The van der Waals surface area contributed by atoms with Crippen molar-refractivity contribution < 1.29 is 4.74 Å². The highest BCUT2D eigenvalue weighted by atomic mass is 16.5. The Hall–Kier alpha value is -2.30. The maximum absolute atomic E-state index is 5.70. The average Bonchev–Trinajstić information content (AvgIpc) is 2.38. The summed E-state index contributed by atoms with van der Waals surface area (Å²) >= 11 is 0. The molecular formula is C13H16N4O. The molecule has 0 atom stereocenters. The molecule has 2 aromatic rings. The molecule has 94 valence electrons. The first kappa shape index (κ1) is 12.2. The highest BCUT2D eigenvalue weighted by Crippen LogP contribution is 2.23. The number of ether oxygens (including phenoxy) is 1. The van der Waals surface area contributed by atoms with E-state index in [0.29, 0.717) is 0 Å². The molecule has 1 heterocycles. The van der Waals surface area contributed by atoms with Crippen LogP contribution in [0, 0.1) is 0 Å². The van der Waals surface area contributed by atoms with Crippen LogP contribution in [-0.4, -0.2) is 23.6 Å². The lowest BCUT2D eigenvalue weighted by Gasteiger charge is -2.07. The highest BCUT2D eigenvalue weighted by molar-refractivity contribution is 5.64. The van der Waals surface area contributed by atoms with Gasteiger partial charge in [0.1, 0.15) is 11.6 Å². The predicted molar refractivity (Wildman–Crippen MR) is 72.6 cm³/mol. The molecule has 0 saturated heterocycles. The first-order valence-electron chi connectivity index (χ1n) is 5.75. The molecule has 0 aliphatic heterocycles. The van der Waals surface area contributed by atoms with Crippen molar-refractivity contribution in [3.8, 4) is 17.0 Å². The zero-order valence-electron chi connectivity index (χ0n) is 10.5. The van der Waals surface area contributed by atoms with Gasteiger partial charge in [-0.25, -0.2) is 4.98 Å². The summed E-state index contributed by atoms with van der Waals surface area (Å²) < 4.78 is 5.12. The third-order valence-electron chi connectivity index (χ3n) is 2.49. The van der Waals surface area contributed by atoms with Crippen molar-refractivity contribution in [2.75, 3.05) is 24.7 Å². The Balaban J connectivity index is 2.36. The Morgan fingerprint density at radius 2 is 1.94 bits per heavy atom.